The van der Waals surface area contributed by atoms with E-state index in [2.05, 4.69) is 5.32 Å². The lowest BCUT2D eigenvalue weighted by atomic mass is 10.1. The van der Waals surface area contributed by atoms with Gasteiger partial charge in [0, 0.05) is 30.9 Å². The molecule has 1 aliphatic rings. The first-order valence-corrected chi connectivity index (χ1v) is 13.2. The van der Waals surface area contributed by atoms with E-state index >= 15 is 0 Å². The minimum atomic E-state index is -3.60. The topological polar surface area (TPSA) is 104 Å². The Morgan fingerprint density at radius 2 is 1.74 bits per heavy atom. The van der Waals surface area contributed by atoms with Gasteiger partial charge in [0.05, 0.1) is 16.3 Å². The SMILES string of the molecule is CCN(CC)S(=O)(=O)c1ccc(C(=O)Nc2cc(N3CCCS3(=O)=O)ccc2C)cc1. The maximum Gasteiger partial charge on any atom is 0.255 e. The molecule has 0 atom stereocenters. The molecule has 1 amide bonds. The zero-order chi connectivity index (χ0) is 22.8. The summed E-state index contributed by atoms with van der Waals surface area (Å²) in [6, 6.07) is 10.9. The first kappa shape index (κ1) is 23.2. The van der Waals surface area contributed by atoms with Crippen molar-refractivity contribution in [3.8, 4) is 0 Å². The van der Waals surface area contributed by atoms with Crippen LogP contribution in [0.1, 0.15) is 36.2 Å². The van der Waals surface area contributed by atoms with Crippen LogP contribution in [0.4, 0.5) is 11.4 Å². The van der Waals surface area contributed by atoms with E-state index in [1.165, 1.54) is 32.9 Å². The number of nitrogens with one attached hydrogen (secondary N) is 1. The molecule has 0 bridgehead atoms. The standard InChI is InChI=1S/C21H27N3O5S2/c1-4-23(5-2)31(28,29)19-11-8-17(9-12-19)21(25)22-20-15-18(10-7-16(20)3)24-13-6-14-30(24,26)27/h7-12,15H,4-6,13-14H2,1-3H3,(H,22,25). The third-order valence-corrected chi connectivity index (χ3v) is 9.25. The highest BCUT2D eigenvalue weighted by atomic mass is 32.2. The number of nitrogens with zero attached hydrogens (tertiary/aromatic N) is 2. The molecule has 0 saturated carbocycles. The zero-order valence-corrected chi connectivity index (χ0v) is 19.5. The lowest BCUT2D eigenvalue weighted by Crippen LogP contribution is -2.30. The molecule has 2 aromatic carbocycles. The molecule has 1 saturated heterocycles. The van der Waals surface area contributed by atoms with Crippen LogP contribution < -0.4 is 9.62 Å². The molecule has 0 aliphatic carbocycles. The van der Waals surface area contributed by atoms with Gasteiger partial charge in [-0.2, -0.15) is 4.31 Å². The van der Waals surface area contributed by atoms with Gasteiger partial charge in [0.1, 0.15) is 0 Å². The molecule has 8 nitrogen and oxygen atoms in total. The monoisotopic (exact) mass is 465 g/mol. The molecule has 10 heteroatoms. The quantitative estimate of drug-likeness (QED) is 0.677. The number of hydrogen-bond acceptors (Lipinski definition) is 5. The average molecular weight is 466 g/mol. The van der Waals surface area contributed by atoms with Gasteiger partial charge in [-0.05, 0) is 55.3 Å². The minimum Gasteiger partial charge on any atom is -0.322 e. The van der Waals surface area contributed by atoms with Crippen LogP contribution in [0.3, 0.4) is 0 Å². The van der Waals surface area contributed by atoms with Gasteiger partial charge in [0.25, 0.3) is 5.91 Å². The van der Waals surface area contributed by atoms with Crippen LogP contribution in [0.15, 0.2) is 47.4 Å². The summed E-state index contributed by atoms with van der Waals surface area (Å²) in [6.07, 6.45) is 0.570. The van der Waals surface area contributed by atoms with Crippen LogP contribution in [-0.4, -0.2) is 52.4 Å². The largest absolute Gasteiger partial charge is 0.322 e. The summed E-state index contributed by atoms with van der Waals surface area (Å²) in [7, 11) is -6.92. The summed E-state index contributed by atoms with van der Waals surface area (Å²) in [5.41, 5.74) is 2.11. The number of carbonyl (C=O) groups is 1. The van der Waals surface area contributed by atoms with Crippen LogP contribution in [0.5, 0.6) is 0 Å². The smallest absolute Gasteiger partial charge is 0.255 e. The van der Waals surface area contributed by atoms with Crippen molar-refractivity contribution in [3.05, 3.63) is 53.6 Å². The Morgan fingerprint density at radius 3 is 2.29 bits per heavy atom. The molecule has 0 radical (unpaired) electrons. The number of carbonyl (C=O) groups excluding carboxylic acids is 1. The predicted octanol–water partition coefficient (Wildman–Crippen LogP) is 2.82. The first-order chi connectivity index (χ1) is 14.6. The molecule has 168 valence electrons. The van der Waals surface area contributed by atoms with Crippen molar-refractivity contribution in [2.75, 3.05) is 35.0 Å². The Labute approximate surface area is 184 Å². The Bertz CT molecular complexity index is 1170. The molecular formula is C21H27N3O5S2. The molecule has 1 N–H and O–H groups in total. The minimum absolute atomic E-state index is 0.116. The van der Waals surface area contributed by atoms with Crippen LogP contribution in [0, 0.1) is 6.92 Å². The number of sulfonamides is 2. The maximum absolute atomic E-state index is 12.7. The fourth-order valence-electron chi connectivity index (χ4n) is 3.51. The van der Waals surface area contributed by atoms with Gasteiger partial charge < -0.3 is 5.32 Å². The number of aryl methyl sites for hydroxylation is 1. The first-order valence-electron chi connectivity index (χ1n) is 10.1. The highest BCUT2D eigenvalue weighted by Crippen LogP contribution is 2.29. The highest BCUT2D eigenvalue weighted by Gasteiger charge is 2.29. The van der Waals surface area contributed by atoms with Crippen LogP contribution in [0.25, 0.3) is 0 Å². The fraction of sp³-hybridized carbons (Fsp3) is 0.381. The number of benzene rings is 2. The summed E-state index contributed by atoms with van der Waals surface area (Å²) >= 11 is 0. The number of anilines is 2. The number of amides is 1. The molecule has 1 fully saturated rings. The van der Waals surface area contributed by atoms with Gasteiger partial charge in [-0.25, -0.2) is 16.8 Å². The van der Waals surface area contributed by atoms with Crippen molar-refractivity contribution >= 4 is 37.3 Å². The van der Waals surface area contributed by atoms with Crippen LogP contribution >= 0.6 is 0 Å². The van der Waals surface area contributed by atoms with Gasteiger partial charge >= 0.3 is 0 Å². The third-order valence-electron chi connectivity index (χ3n) is 5.32. The summed E-state index contributed by atoms with van der Waals surface area (Å²) < 4.78 is 52.3. The van der Waals surface area contributed by atoms with Crippen molar-refractivity contribution in [1.82, 2.24) is 4.31 Å². The second kappa shape index (κ2) is 8.97. The molecule has 0 aromatic heterocycles. The zero-order valence-electron chi connectivity index (χ0n) is 17.8. The van der Waals surface area contributed by atoms with Gasteiger partial charge in [0.15, 0.2) is 0 Å². The summed E-state index contributed by atoms with van der Waals surface area (Å²) in [4.78, 5) is 12.9. The fourth-order valence-corrected chi connectivity index (χ4v) is 6.53. The van der Waals surface area contributed by atoms with Crippen molar-refractivity contribution in [2.45, 2.75) is 32.1 Å². The van der Waals surface area contributed by atoms with E-state index in [1.54, 1.807) is 32.0 Å². The Kier molecular flexibility index (Phi) is 6.73. The second-order valence-corrected chi connectivity index (χ2v) is 11.3. The van der Waals surface area contributed by atoms with E-state index in [1.807, 2.05) is 6.92 Å². The Balaban J connectivity index is 1.81. The molecule has 2 aromatic rings. The highest BCUT2D eigenvalue weighted by molar-refractivity contribution is 7.93. The summed E-state index contributed by atoms with van der Waals surface area (Å²) in [6.45, 7) is 6.51. The van der Waals surface area contributed by atoms with E-state index in [9.17, 15) is 21.6 Å². The van der Waals surface area contributed by atoms with E-state index in [4.69, 9.17) is 0 Å². The maximum atomic E-state index is 12.7. The van der Waals surface area contributed by atoms with Gasteiger partial charge in [-0.15, -0.1) is 0 Å². The molecule has 0 spiro atoms. The van der Waals surface area contributed by atoms with Crippen LogP contribution in [-0.2, 0) is 20.0 Å². The molecule has 3 rings (SSSR count). The molecule has 1 heterocycles. The summed E-state index contributed by atoms with van der Waals surface area (Å²) in [5, 5.41) is 2.80. The van der Waals surface area contributed by atoms with Crippen molar-refractivity contribution in [3.63, 3.8) is 0 Å². The average Bonchev–Trinajstić information content (AvgIpc) is 3.09. The van der Waals surface area contributed by atoms with E-state index < -0.39 is 26.0 Å². The number of rotatable bonds is 7. The normalized spacial score (nSPS) is 15.9. The van der Waals surface area contributed by atoms with Gasteiger partial charge in [0.2, 0.25) is 20.0 Å². The lowest BCUT2D eigenvalue weighted by Gasteiger charge is -2.19. The molecule has 0 unspecified atom stereocenters. The molecule has 1 aliphatic heterocycles. The third kappa shape index (κ3) is 4.76. The Morgan fingerprint density at radius 1 is 1.10 bits per heavy atom. The molecule has 31 heavy (non-hydrogen) atoms. The second-order valence-electron chi connectivity index (χ2n) is 7.31. The van der Waals surface area contributed by atoms with Crippen molar-refractivity contribution < 1.29 is 21.6 Å². The number of hydrogen-bond donors (Lipinski definition) is 1. The summed E-state index contributed by atoms with van der Waals surface area (Å²) in [5.74, 6) is -0.290. The predicted molar refractivity (Wildman–Crippen MR) is 121 cm³/mol. The van der Waals surface area contributed by atoms with Gasteiger partial charge in [-0.3, -0.25) is 9.10 Å². The lowest BCUT2D eigenvalue weighted by molar-refractivity contribution is 0.102. The van der Waals surface area contributed by atoms with E-state index in [-0.39, 0.29) is 10.6 Å². The van der Waals surface area contributed by atoms with E-state index in [0.29, 0.717) is 43.0 Å². The van der Waals surface area contributed by atoms with Crippen molar-refractivity contribution in [2.24, 2.45) is 0 Å². The van der Waals surface area contributed by atoms with Gasteiger partial charge in [-0.1, -0.05) is 19.9 Å². The van der Waals surface area contributed by atoms with Crippen molar-refractivity contribution in [1.29, 1.82) is 0 Å². The van der Waals surface area contributed by atoms with E-state index in [0.717, 1.165) is 5.56 Å². The Hall–Kier alpha value is -2.43. The van der Waals surface area contributed by atoms with Crippen LogP contribution in [0.2, 0.25) is 0 Å². The molecular weight excluding hydrogens is 438 g/mol.